The van der Waals surface area contributed by atoms with E-state index in [4.69, 9.17) is 4.74 Å². The molecule has 3 aromatic rings. The zero-order valence-corrected chi connectivity index (χ0v) is 20.0. The van der Waals surface area contributed by atoms with Gasteiger partial charge in [0.1, 0.15) is 17.1 Å². The number of ketones is 1. The minimum Gasteiger partial charge on any atom is -0.505 e. The van der Waals surface area contributed by atoms with Gasteiger partial charge in [0.15, 0.2) is 5.76 Å². The lowest BCUT2D eigenvalue weighted by Crippen LogP contribution is -3.05. The summed E-state index contributed by atoms with van der Waals surface area (Å²) in [7, 11) is 4.09. The number of quaternary nitrogens is 1. The molecule has 0 spiro atoms. The first-order chi connectivity index (χ1) is 16.3. The number of hydrogen-bond donors (Lipinski definition) is 2. The van der Waals surface area contributed by atoms with E-state index in [2.05, 4.69) is 4.98 Å². The number of fused-ring (bicyclic) bond motifs is 1. The van der Waals surface area contributed by atoms with E-state index in [0.29, 0.717) is 35.9 Å². The van der Waals surface area contributed by atoms with Gasteiger partial charge in [-0.3, -0.25) is 14.0 Å². The fourth-order valence-electron chi connectivity index (χ4n) is 4.50. The Morgan fingerprint density at radius 3 is 2.56 bits per heavy atom. The van der Waals surface area contributed by atoms with Crippen LogP contribution in [-0.4, -0.2) is 64.9 Å². The molecule has 1 aliphatic rings. The minimum atomic E-state index is -0.693. The third-order valence-corrected chi connectivity index (χ3v) is 6.05. The average Bonchev–Trinajstić information content (AvgIpc) is 3.27. The fraction of sp³-hybridized carbons (Fsp3) is 0.346. The lowest BCUT2D eigenvalue weighted by Gasteiger charge is -2.25. The van der Waals surface area contributed by atoms with Crippen molar-refractivity contribution >= 4 is 23.1 Å². The normalized spacial score (nSPS) is 17.8. The van der Waals surface area contributed by atoms with E-state index in [0.717, 1.165) is 18.5 Å². The number of likely N-dealkylation sites (tertiary alicyclic amines) is 1. The van der Waals surface area contributed by atoms with Crippen molar-refractivity contribution in [1.29, 1.82) is 0 Å². The monoisotopic (exact) mass is 463 g/mol. The Labute approximate surface area is 199 Å². The lowest BCUT2D eigenvalue weighted by molar-refractivity contribution is -0.858. The number of rotatable bonds is 8. The maximum atomic E-state index is 13.3. The smallest absolute Gasteiger partial charge is 0.295 e. The topological polar surface area (TPSA) is 88.6 Å². The summed E-state index contributed by atoms with van der Waals surface area (Å²) >= 11 is 0. The molecule has 2 N–H and O–H groups in total. The third-order valence-electron chi connectivity index (χ3n) is 6.05. The van der Waals surface area contributed by atoms with Gasteiger partial charge in [0.25, 0.3) is 11.7 Å². The average molecular weight is 464 g/mol. The summed E-state index contributed by atoms with van der Waals surface area (Å²) in [6.45, 7) is 5.50. The second kappa shape index (κ2) is 9.69. The molecule has 3 heterocycles. The zero-order chi connectivity index (χ0) is 24.4. The van der Waals surface area contributed by atoms with Gasteiger partial charge in [0.2, 0.25) is 0 Å². The molecule has 8 nitrogen and oxygen atoms in total. The number of Topliss-reactive ketones (excluding diaryl/α,β-unsaturated/α-hetero) is 1. The van der Waals surface area contributed by atoms with Crippen molar-refractivity contribution in [2.24, 2.45) is 0 Å². The number of carbonyl (C=O) groups excluding carboxylic acids is 2. The molecule has 4 rings (SSSR count). The van der Waals surface area contributed by atoms with Crippen molar-refractivity contribution < 1.29 is 24.3 Å². The molecular weight excluding hydrogens is 432 g/mol. The minimum absolute atomic E-state index is 0.0834. The van der Waals surface area contributed by atoms with E-state index in [1.54, 1.807) is 22.4 Å². The first-order valence-electron chi connectivity index (χ1n) is 11.6. The zero-order valence-electron chi connectivity index (χ0n) is 20.0. The second-order valence-electron chi connectivity index (χ2n) is 8.78. The molecule has 1 amide bonds. The molecular formula is C26H31N4O4+. The number of aliphatic hydroxyl groups is 1. The van der Waals surface area contributed by atoms with Crippen LogP contribution in [-0.2, 0) is 9.59 Å². The molecule has 1 fully saturated rings. The Hall–Kier alpha value is -3.65. The van der Waals surface area contributed by atoms with E-state index in [1.807, 2.05) is 63.5 Å². The van der Waals surface area contributed by atoms with Crippen LogP contribution >= 0.6 is 0 Å². The molecule has 0 aliphatic carbocycles. The van der Waals surface area contributed by atoms with Crippen molar-refractivity contribution in [2.45, 2.75) is 26.3 Å². The summed E-state index contributed by atoms with van der Waals surface area (Å²) in [6.07, 6.45) is 2.52. The SMILES string of the molecule is CCOc1ccc([C@H]2C(=C(O)c3c(C)nc4ccccn34)C(=O)C(=O)N2CCC[NH+](C)C)cc1. The summed E-state index contributed by atoms with van der Waals surface area (Å²) in [5.74, 6) is -0.786. The number of nitrogens with zero attached hydrogens (tertiary/aromatic N) is 3. The quantitative estimate of drug-likeness (QED) is 0.303. The fourth-order valence-corrected chi connectivity index (χ4v) is 4.50. The molecule has 1 aromatic carbocycles. The Morgan fingerprint density at radius 2 is 1.88 bits per heavy atom. The van der Waals surface area contributed by atoms with Crippen molar-refractivity contribution in [2.75, 3.05) is 33.8 Å². The lowest BCUT2D eigenvalue weighted by atomic mass is 9.96. The predicted molar refractivity (Wildman–Crippen MR) is 129 cm³/mol. The summed E-state index contributed by atoms with van der Waals surface area (Å²) < 4.78 is 7.30. The van der Waals surface area contributed by atoms with Crippen LogP contribution in [0.4, 0.5) is 0 Å². The van der Waals surface area contributed by atoms with E-state index in [-0.39, 0.29) is 11.3 Å². The van der Waals surface area contributed by atoms with Crippen LogP contribution < -0.4 is 9.64 Å². The Kier molecular flexibility index (Phi) is 6.70. The summed E-state index contributed by atoms with van der Waals surface area (Å²) in [4.78, 5) is 33.8. The van der Waals surface area contributed by atoms with Crippen LogP contribution in [0.3, 0.4) is 0 Å². The Bertz CT molecular complexity index is 1240. The molecule has 1 atom stereocenters. The predicted octanol–water partition coefficient (Wildman–Crippen LogP) is 2.00. The molecule has 34 heavy (non-hydrogen) atoms. The summed E-state index contributed by atoms with van der Waals surface area (Å²) in [5.41, 5.74) is 2.48. The van der Waals surface area contributed by atoms with Crippen LogP contribution in [0.25, 0.3) is 11.4 Å². The van der Waals surface area contributed by atoms with Gasteiger partial charge in [-0.2, -0.15) is 0 Å². The number of imidazole rings is 1. The third kappa shape index (κ3) is 4.28. The van der Waals surface area contributed by atoms with Crippen LogP contribution in [0.15, 0.2) is 54.2 Å². The summed E-state index contributed by atoms with van der Waals surface area (Å²) in [5, 5.41) is 11.5. The summed E-state index contributed by atoms with van der Waals surface area (Å²) in [6, 6.07) is 12.2. The van der Waals surface area contributed by atoms with E-state index in [9.17, 15) is 14.7 Å². The first kappa shape index (κ1) is 23.5. The first-order valence-corrected chi connectivity index (χ1v) is 11.6. The molecule has 2 aromatic heterocycles. The van der Waals surface area contributed by atoms with Crippen LogP contribution in [0.1, 0.15) is 36.3 Å². The molecule has 0 saturated carbocycles. The highest BCUT2D eigenvalue weighted by Gasteiger charge is 2.46. The number of hydrogen-bond acceptors (Lipinski definition) is 5. The number of aryl methyl sites for hydroxylation is 1. The number of amides is 1. The van der Waals surface area contributed by atoms with Crippen molar-refractivity contribution in [3.8, 4) is 5.75 Å². The molecule has 1 aliphatic heterocycles. The van der Waals surface area contributed by atoms with Crippen LogP contribution in [0.2, 0.25) is 0 Å². The molecule has 0 bridgehead atoms. The van der Waals surface area contributed by atoms with E-state index in [1.165, 1.54) is 4.90 Å². The molecule has 0 radical (unpaired) electrons. The highest BCUT2D eigenvalue weighted by molar-refractivity contribution is 6.46. The second-order valence-corrected chi connectivity index (χ2v) is 8.78. The van der Waals surface area contributed by atoms with Gasteiger partial charge < -0.3 is 19.6 Å². The van der Waals surface area contributed by atoms with Gasteiger partial charge in [-0.05, 0) is 43.7 Å². The standard InChI is InChI=1S/C26H30N4O4/c1-5-34-19-12-10-18(11-13-19)23-21(25(32)26(33)30(23)16-8-14-28(3)4)24(31)22-17(2)27-20-9-6-7-15-29(20)22/h6-7,9-13,15,23,31H,5,8,14,16H2,1-4H3/p+1/t23-/m0/s1. The number of carbonyl (C=O) groups is 2. The largest absolute Gasteiger partial charge is 0.505 e. The van der Waals surface area contributed by atoms with Crippen LogP contribution in [0, 0.1) is 6.92 Å². The highest BCUT2D eigenvalue weighted by Crippen LogP contribution is 2.40. The van der Waals surface area contributed by atoms with Gasteiger partial charge >= 0.3 is 0 Å². The number of aromatic nitrogens is 2. The van der Waals surface area contributed by atoms with Crippen molar-refractivity contribution in [1.82, 2.24) is 14.3 Å². The van der Waals surface area contributed by atoms with Crippen molar-refractivity contribution in [3.63, 3.8) is 0 Å². The van der Waals surface area contributed by atoms with Gasteiger partial charge in [0, 0.05) is 19.2 Å². The number of pyridine rings is 1. The molecule has 8 heteroatoms. The Balaban J connectivity index is 1.85. The number of ether oxygens (including phenoxy) is 1. The van der Waals surface area contributed by atoms with Gasteiger partial charge in [-0.15, -0.1) is 0 Å². The maximum Gasteiger partial charge on any atom is 0.295 e. The number of benzene rings is 1. The molecule has 178 valence electrons. The van der Waals surface area contributed by atoms with Crippen LogP contribution in [0.5, 0.6) is 5.75 Å². The van der Waals surface area contributed by atoms with E-state index < -0.39 is 17.7 Å². The highest BCUT2D eigenvalue weighted by atomic mass is 16.5. The molecule has 0 unspecified atom stereocenters. The van der Waals surface area contributed by atoms with Gasteiger partial charge in [-0.25, -0.2) is 4.98 Å². The maximum absolute atomic E-state index is 13.3. The van der Waals surface area contributed by atoms with Gasteiger partial charge in [-0.1, -0.05) is 18.2 Å². The molecule has 1 saturated heterocycles. The van der Waals surface area contributed by atoms with Gasteiger partial charge in [0.05, 0.1) is 44.6 Å². The van der Waals surface area contributed by atoms with Crippen molar-refractivity contribution in [3.05, 3.63) is 71.2 Å². The number of aliphatic hydroxyl groups excluding tert-OH is 1. The van der Waals surface area contributed by atoms with E-state index >= 15 is 0 Å². The number of nitrogens with one attached hydrogen (secondary N) is 1. The Morgan fingerprint density at radius 1 is 1.15 bits per heavy atom.